The number of amides is 1. The van der Waals surface area contributed by atoms with E-state index in [0.29, 0.717) is 26.2 Å². The number of thiazole rings is 1. The standard InChI is InChI=1S/C12H16F3N3O2S/c1-9(20-8-12(13,14)15)10(19)17-3-5-18(6-4-17)11-16-2-7-21-11/h2,7,9H,3-6,8H2,1H3/t9-/m1/s1. The molecule has 9 heteroatoms. The van der Waals surface area contributed by atoms with Crippen LogP contribution in [-0.4, -0.2) is 60.9 Å². The van der Waals surface area contributed by atoms with Crippen LogP contribution in [0.4, 0.5) is 18.3 Å². The van der Waals surface area contributed by atoms with Gasteiger partial charge in [-0.25, -0.2) is 4.98 Å². The summed E-state index contributed by atoms with van der Waals surface area (Å²) in [5.41, 5.74) is 0. The summed E-state index contributed by atoms with van der Waals surface area (Å²) >= 11 is 1.52. The van der Waals surface area contributed by atoms with Crippen LogP contribution in [0, 0.1) is 0 Å². The molecule has 2 rings (SSSR count). The summed E-state index contributed by atoms with van der Waals surface area (Å²) in [7, 11) is 0. The Morgan fingerprint density at radius 3 is 2.62 bits per heavy atom. The summed E-state index contributed by atoms with van der Waals surface area (Å²) in [6.07, 6.45) is -3.79. The van der Waals surface area contributed by atoms with Gasteiger partial charge in [0.05, 0.1) is 0 Å². The van der Waals surface area contributed by atoms with E-state index in [9.17, 15) is 18.0 Å². The number of carbonyl (C=O) groups excluding carboxylic acids is 1. The fourth-order valence-electron chi connectivity index (χ4n) is 2.04. The largest absolute Gasteiger partial charge is 0.411 e. The monoisotopic (exact) mass is 323 g/mol. The van der Waals surface area contributed by atoms with Crippen LogP contribution < -0.4 is 4.90 Å². The number of carbonyl (C=O) groups is 1. The molecule has 1 aromatic heterocycles. The second kappa shape index (κ2) is 6.61. The Hall–Kier alpha value is -1.35. The normalized spacial score (nSPS) is 17.9. The predicted octanol–water partition coefficient (Wildman–Crippen LogP) is 1.76. The van der Waals surface area contributed by atoms with Crippen LogP contribution in [0.2, 0.25) is 0 Å². The Morgan fingerprint density at radius 2 is 2.10 bits per heavy atom. The molecule has 0 bridgehead atoms. The summed E-state index contributed by atoms with van der Waals surface area (Å²) < 4.78 is 40.8. The van der Waals surface area contributed by atoms with E-state index in [2.05, 4.69) is 14.6 Å². The fourth-order valence-corrected chi connectivity index (χ4v) is 2.73. The fraction of sp³-hybridized carbons (Fsp3) is 0.667. The SMILES string of the molecule is C[C@@H](OCC(F)(F)F)C(=O)N1CCN(c2nccs2)CC1. The number of halogens is 3. The number of ether oxygens (including phenoxy) is 1. The first kappa shape index (κ1) is 16.0. The molecular weight excluding hydrogens is 307 g/mol. The Morgan fingerprint density at radius 1 is 1.43 bits per heavy atom. The molecule has 1 amide bonds. The lowest BCUT2D eigenvalue weighted by molar-refractivity contribution is -0.188. The molecule has 0 N–H and O–H groups in total. The maximum absolute atomic E-state index is 12.1. The summed E-state index contributed by atoms with van der Waals surface area (Å²) in [5.74, 6) is -0.405. The van der Waals surface area contributed by atoms with E-state index in [-0.39, 0.29) is 0 Å². The Kier molecular flexibility index (Phi) is 5.04. The van der Waals surface area contributed by atoms with Gasteiger partial charge in [0.25, 0.3) is 5.91 Å². The van der Waals surface area contributed by atoms with Gasteiger partial charge in [0.1, 0.15) is 12.7 Å². The summed E-state index contributed by atoms with van der Waals surface area (Å²) in [6.45, 7) is 2.09. The van der Waals surface area contributed by atoms with E-state index in [4.69, 9.17) is 0 Å². The first-order chi connectivity index (χ1) is 9.87. The second-order valence-corrected chi connectivity index (χ2v) is 5.57. The van der Waals surface area contributed by atoms with Gasteiger partial charge in [-0.1, -0.05) is 0 Å². The zero-order valence-electron chi connectivity index (χ0n) is 11.5. The van der Waals surface area contributed by atoms with Gasteiger partial charge in [0.2, 0.25) is 0 Å². The number of nitrogens with zero attached hydrogens (tertiary/aromatic N) is 3. The number of hydrogen-bond donors (Lipinski definition) is 0. The lowest BCUT2D eigenvalue weighted by atomic mass is 10.2. The van der Waals surface area contributed by atoms with E-state index in [1.165, 1.54) is 23.2 Å². The van der Waals surface area contributed by atoms with Crippen molar-refractivity contribution in [1.29, 1.82) is 0 Å². The second-order valence-electron chi connectivity index (χ2n) is 4.70. The van der Waals surface area contributed by atoms with Crippen molar-refractivity contribution in [2.45, 2.75) is 19.2 Å². The predicted molar refractivity (Wildman–Crippen MR) is 72.4 cm³/mol. The molecule has 0 unspecified atom stereocenters. The Bertz CT molecular complexity index is 459. The van der Waals surface area contributed by atoms with Crippen molar-refractivity contribution in [3.63, 3.8) is 0 Å². The van der Waals surface area contributed by atoms with Gasteiger partial charge < -0.3 is 14.5 Å². The summed E-state index contributed by atoms with van der Waals surface area (Å²) in [4.78, 5) is 19.8. The molecule has 0 saturated carbocycles. The van der Waals surface area contributed by atoms with E-state index < -0.39 is 24.8 Å². The van der Waals surface area contributed by atoms with E-state index >= 15 is 0 Å². The van der Waals surface area contributed by atoms with Crippen LogP contribution in [0.3, 0.4) is 0 Å². The number of anilines is 1. The molecule has 1 aromatic rings. The highest BCUT2D eigenvalue weighted by molar-refractivity contribution is 7.13. The minimum atomic E-state index is -4.42. The first-order valence-corrected chi connectivity index (χ1v) is 7.36. The molecule has 0 aromatic carbocycles. The van der Waals surface area contributed by atoms with Crippen LogP contribution in [0.15, 0.2) is 11.6 Å². The van der Waals surface area contributed by atoms with Crippen LogP contribution in [0.1, 0.15) is 6.92 Å². The van der Waals surface area contributed by atoms with Gasteiger partial charge in [-0.15, -0.1) is 11.3 Å². The highest BCUT2D eigenvalue weighted by Crippen LogP contribution is 2.20. The van der Waals surface area contributed by atoms with Gasteiger partial charge >= 0.3 is 6.18 Å². The van der Waals surface area contributed by atoms with Crippen molar-refractivity contribution in [2.24, 2.45) is 0 Å². The minimum Gasteiger partial charge on any atom is -0.359 e. The van der Waals surface area contributed by atoms with Crippen molar-refractivity contribution in [3.8, 4) is 0 Å². The van der Waals surface area contributed by atoms with Crippen LogP contribution in [-0.2, 0) is 9.53 Å². The molecule has 1 aliphatic rings. The van der Waals surface area contributed by atoms with Gasteiger partial charge in [0.15, 0.2) is 5.13 Å². The summed E-state index contributed by atoms with van der Waals surface area (Å²) in [6, 6.07) is 0. The molecule has 1 fully saturated rings. The number of alkyl halides is 3. The maximum atomic E-state index is 12.1. The minimum absolute atomic E-state index is 0.405. The van der Waals surface area contributed by atoms with Gasteiger partial charge in [-0.2, -0.15) is 13.2 Å². The number of rotatable bonds is 4. The Balaban J connectivity index is 1.80. The third-order valence-electron chi connectivity index (χ3n) is 3.13. The van der Waals surface area contributed by atoms with Crippen molar-refractivity contribution >= 4 is 22.4 Å². The maximum Gasteiger partial charge on any atom is 0.411 e. The van der Waals surface area contributed by atoms with Crippen molar-refractivity contribution < 1.29 is 22.7 Å². The van der Waals surface area contributed by atoms with E-state index in [0.717, 1.165) is 5.13 Å². The van der Waals surface area contributed by atoms with Crippen molar-refractivity contribution in [3.05, 3.63) is 11.6 Å². The molecule has 0 radical (unpaired) electrons. The number of piperazine rings is 1. The number of aromatic nitrogens is 1. The average molecular weight is 323 g/mol. The molecular formula is C12H16F3N3O2S. The first-order valence-electron chi connectivity index (χ1n) is 6.48. The molecule has 5 nitrogen and oxygen atoms in total. The smallest absolute Gasteiger partial charge is 0.359 e. The highest BCUT2D eigenvalue weighted by atomic mass is 32.1. The average Bonchev–Trinajstić information content (AvgIpc) is 2.97. The molecule has 118 valence electrons. The quantitative estimate of drug-likeness (QED) is 0.847. The van der Waals surface area contributed by atoms with Crippen molar-refractivity contribution in [1.82, 2.24) is 9.88 Å². The molecule has 0 aliphatic carbocycles. The molecule has 1 aliphatic heterocycles. The van der Waals surface area contributed by atoms with E-state index in [1.807, 2.05) is 5.38 Å². The lowest BCUT2D eigenvalue weighted by Crippen LogP contribution is -2.51. The highest BCUT2D eigenvalue weighted by Gasteiger charge is 2.32. The molecule has 2 heterocycles. The third kappa shape index (κ3) is 4.57. The molecule has 1 saturated heterocycles. The third-order valence-corrected chi connectivity index (χ3v) is 3.96. The number of hydrogen-bond acceptors (Lipinski definition) is 5. The molecule has 1 atom stereocenters. The molecule has 21 heavy (non-hydrogen) atoms. The lowest BCUT2D eigenvalue weighted by Gasteiger charge is -2.35. The van der Waals surface area contributed by atoms with Crippen LogP contribution in [0.25, 0.3) is 0 Å². The zero-order chi connectivity index (χ0) is 15.5. The van der Waals surface area contributed by atoms with Gasteiger partial charge in [0, 0.05) is 37.8 Å². The van der Waals surface area contributed by atoms with E-state index in [1.54, 1.807) is 6.20 Å². The van der Waals surface area contributed by atoms with Crippen LogP contribution in [0.5, 0.6) is 0 Å². The topological polar surface area (TPSA) is 45.7 Å². The van der Waals surface area contributed by atoms with Gasteiger partial charge in [-0.05, 0) is 6.92 Å². The summed E-state index contributed by atoms with van der Waals surface area (Å²) in [5, 5.41) is 2.77. The Labute approximate surface area is 124 Å². The van der Waals surface area contributed by atoms with Crippen molar-refractivity contribution in [2.75, 3.05) is 37.7 Å². The zero-order valence-corrected chi connectivity index (χ0v) is 12.3. The van der Waals surface area contributed by atoms with Gasteiger partial charge in [-0.3, -0.25) is 4.79 Å². The van der Waals surface area contributed by atoms with Crippen LogP contribution >= 0.6 is 11.3 Å². The molecule has 0 spiro atoms.